The molecule has 0 aromatic rings. The molecule has 0 saturated carbocycles. The summed E-state index contributed by atoms with van der Waals surface area (Å²) in [5.74, 6) is -0.553. The van der Waals surface area contributed by atoms with E-state index in [1.165, 1.54) is 14.2 Å². The lowest BCUT2D eigenvalue weighted by Crippen LogP contribution is -2.49. The van der Waals surface area contributed by atoms with Crippen molar-refractivity contribution < 1.29 is 24.3 Å². The molecule has 0 fully saturated rings. The third-order valence-corrected chi connectivity index (χ3v) is 2.09. The predicted molar refractivity (Wildman–Crippen MR) is 60.0 cm³/mol. The molecule has 0 spiro atoms. The number of amides is 2. The first-order chi connectivity index (χ1) is 8.06. The minimum absolute atomic E-state index is 0.286. The zero-order valence-corrected chi connectivity index (χ0v) is 10.4. The second-order valence-corrected chi connectivity index (χ2v) is 3.39. The molecule has 0 heterocycles. The van der Waals surface area contributed by atoms with Gasteiger partial charge in [-0.3, -0.25) is 9.63 Å². The molecule has 0 aromatic carbocycles. The van der Waals surface area contributed by atoms with E-state index in [2.05, 4.69) is 10.2 Å². The molecular weight excluding hydrogens is 228 g/mol. The molecule has 2 amide bonds. The Morgan fingerprint density at radius 3 is 2.59 bits per heavy atom. The first kappa shape index (κ1) is 15.7. The third-order valence-electron chi connectivity index (χ3n) is 2.09. The van der Waals surface area contributed by atoms with Gasteiger partial charge in [-0.2, -0.15) is 0 Å². The average molecular weight is 248 g/mol. The molecule has 0 aliphatic rings. The van der Waals surface area contributed by atoms with E-state index < -0.39 is 24.6 Å². The number of ether oxygens (including phenoxy) is 1. The van der Waals surface area contributed by atoms with Gasteiger partial charge in [0.2, 0.25) is 0 Å². The number of rotatable bonds is 7. The second-order valence-electron chi connectivity index (χ2n) is 3.39. The van der Waals surface area contributed by atoms with Crippen molar-refractivity contribution in [1.29, 1.82) is 0 Å². The van der Waals surface area contributed by atoms with Gasteiger partial charge in [0, 0.05) is 7.05 Å². The molecule has 7 nitrogen and oxygen atoms in total. The van der Waals surface area contributed by atoms with Crippen molar-refractivity contribution in [2.24, 2.45) is 0 Å². The van der Waals surface area contributed by atoms with Crippen molar-refractivity contribution >= 4 is 12.0 Å². The van der Waals surface area contributed by atoms with E-state index in [-0.39, 0.29) is 6.61 Å². The van der Waals surface area contributed by atoms with Gasteiger partial charge in [0.15, 0.2) is 0 Å². The number of alkyl carbamates (subject to hydrolysis) is 1. The molecule has 7 heteroatoms. The molecule has 0 aliphatic carbocycles. The van der Waals surface area contributed by atoms with Crippen LogP contribution in [0.2, 0.25) is 0 Å². The van der Waals surface area contributed by atoms with E-state index in [1.54, 1.807) is 0 Å². The molecule has 0 aliphatic heterocycles. The summed E-state index contributed by atoms with van der Waals surface area (Å²) in [6, 6.07) is -1.06. The lowest BCUT2D eigenvalue weighted by atomic mass is 10.3. The fourth-order valence-electron chi connectivity index (χ4n) is 0.988. The number of carbonyl (C=O) groups is 2. The number of likely N-dealkylation sites (N-methyl/N-ethyl adjacent to an activating group) is 1. The summed E-state index contributed by atoms with van der Waals surface area (Å²) >= 11 is 0. The fourth-order valence-corrected chi connectivity index (χ4v) is 0.988. The van der Waals surface area contributed by atoms with Crippen LogP contribution in [0.1, 0.15) is 19.8 Å². The summed E-state index contributed by atoms with van der Waals surface area (Å²) in [6.45, 7) is 1.74. The van der Waals surface area contributed by atoms with Gasteiger partial charge in [0.1, 0.15) is 6.04 Å². The zero-order valence-electron chi connectivity index (χ0n) is 10.4. The Labute approximate surface area is 101 Å². The van der Waals surface area contributed by atoms with Gasteiger partial charge in [-0.25, -0.2) is 9.86 Å². The van der Waals surface area contributed by atoms with Gasteiger partial charge in [-0.1, -0.05) is 13.3 Å². The van der Waals surface area contributed by atoms with Crippen molar-refractivity contribution in [3.63, 3.8) is 0 Å². The molecule has 2 N–H and O–H groups in total. The van der Waals surface area contributed by atoms with E-state index in [9.17, 15) is 9.59 Å². The molecule has 17 heavy (non-hydrogen) atoms. The van der Waals surface area contributed by atoms with Crippen LogP contribution in [-0.4, -0.2) is 55.6 Å². The Kier molecular flexibility index (Phi) is 8.08. The standard InChI is InChI=1S/C10H20N2O5/c1-4-5-6-17-10(15)11-8(7-13)9(14)12(2)16-3/h8,13H,4-7H2,1-3H3,(H,11,15)/t8-/m1/s1. The maximum atomic E-state index is 11.5. The monoisotopic (exact) mass is 248 g/mol. The van der Waals surface area contributed by atoms with Gasteiger partial charge >= 0.3 is 6.09 Å². The molecule has 0 saturated heterocycles. The maximum absolute atomic E-state index is 11.5. The molecule has 0 rings (SSSR count). The summed E-state index contributed by atoms with van der Waals surface area (Å²) in [4.78, 5) is 27.4. The Balaban J connectivity index is 4.11. The maximum Gasteiger partial charge on any atom is 0.407 e. The van der Waals surface area contributed by atoms with Crippen molar-refractivity contribution in [1.82, 2.24) is 10.4 Å². The van der Waals surface area contributed by atoms with E-state index in [1.807, 2.05) is 6.92 Å². The average Bonchev–Trinajstić information content (AvgIpc) is 2.34. The van der Waals surface area contributed by atoms with Gasteiger partial charge < -0.3 is 15.2 Å². The summed E-state index contributed by atoms with van der Waals surface area (Å²) in [5.41, 5.74) is 0. The smallest absolute Gasteiger partial charge is 0.407 e. The van der Waals surface area contributed by atoms with E-state index in [0.29, 0.717) is 0 Å². The van der Waals surface area contributed by atoms with Crippen molar-refractivity contribution in [3.8, 4) is 0 Å². The van der Waals surface area contributed by atoms with Gasteiger partial charge in [-0.05, 0) is 6.42 Å². The Hall–Kier alpha value is -1.34. The highest BCUT2D eigenvalue weighted by Crippen LogP contribution is 1.94. The predicted octanol–water partition coefficient (Wildman–Crippen LogP) is -0.107. The Morgan fingerprint density at radius 1 is 1.47 bits per heavy atom. The van der Waals surface area contributed by atoms with Crippen LogP contribution in [0.25, 0.3) is 0 Å². The van der Waals surface area contributed by atoms with Crippen LogP contribution in [0, 0.1) is 0 Å². The van der Waals surface area contributed by atoms with E-state index >= 15 is 0 Å². The third kappa shape index (κ3) is 6.08. The van der Waals surface area contributed by atoms with Crippen molar-refractivity contribution in [2.45, 2.75) is 25.8 Å². The number of nitrogens with one attached hydrogen (secondary N) is 1. The highest BCUT2D eigenvalue weighted by Gasteiger charge is 2.23. The summed E-state index contributed by atoms with van der Waals surface area (Å²) in [5, 5.41) is 12.2. The number of hydrogen-bond donors (Lipinski definition) is 2. The first-order valence-electron chi connectivity index (χ1n) is 5.42. The van der Waals surface area contributed by atoms with Crippen molar-refractivity contribution in [2.75, 3.05) is 27.4 Å². The largest absolute Gasteiger partial charge is 0.450 e. The number of hydrogen-bond acceptors (Lipinski definition) is 5. The van der Waals surface area contributed by atoms with Crippen LogP contribution < -0.4 is 5.32 Å². The molecule has 0 bridgehead atoms. The summed E-state index contributed by atoms with van der Waals surface area (Å²) in [7, 11) is 2.70. The molecule has 0 aromatic heterocycles. The number of nitrogens with zero attached hydrogens (tertiary/aromatic N) is 1. The minimum Gasteiger partial charge on any atom is -0.450 e. The highest BCUT2D eigenvalue weighted by molar-refractivity contribution is 5.84. The Morgan fingerprint density at radius 2 is 2.12 bits per heavy atom. The molecule has 100 valence electrons. The SMILES string of the molecule is CCCCOC(=O)N[C@H](CO)C(=O)N(C)OC. The highest BCUT2D eigenvalue weighted by atomic mass is 16.7. The molecule has 0 radical (unpaired) electrons. The van der Waals surface area contributed by atoms with E-state index in [0.717, 1.165) is 17.9 Å². The van der Waals surface area contributed by atoms with Crippen LogP contribution in [-0.2, 0) is 14.4 Å². The number of hydroxylamine groups is 2. The second kappa shape index (κ2) is 8.77. The number of aliphatic hydroxyl groups is 1. The number of carbonyl (C=O) groups excluding carboxylic acids is 2. The van der Waals surface area contributed by atoms with E-state index in [4.69, 9.17) is 9.84 Å². The topological polar surface area (TPSA) is 88.1 Å². The van der Waals surface area contributed by atoms with Gasteiger partial charge in [-0.15, -0.1) is 0 Å². The van der Waals surface area contributed by atoms with Crippen LogP contribution in [0.4, 0.5) is 4.79 Å². The molecule has 1 atom stereocenters. The quantitative estimate of drug-likeness (QED) is 0.485. The van der Waals surface area contributed by atoms with Crippen LogP contribution >= 0.6 is 0 Å². The number of aliphatic hydroxyl groups excluding tert-OH is 1. The van der Waals surface area contributed by atoms with Crippen LogP contribution in [0.3, 0.4) is 0 Å². The molecule has 0 unspecified atom stereocenters. The lowest BCUT2D eigenvalue weighted by molar-refractivity contribution is -0.171. The summed E-state index contributed by atoms with van der Waals surface area (Å²) in [6.07, 6.45) is 0.931. The van der Waals surface area contributed by atoms with Gasteiger partial charge in [0.25, 0.3) is 5.91 Å². The van der Waals surface area contributed by atoms with Crippen LogP contribution in [0.15, 0.2) is 0 Å². The lowest BCUT2D eigenvalue weighted by Gasteiger charge is -2.20. The normalized spacial score (nSPS) is 11.8. The van der Waals surface area contributed by atoms with Crippen LogP contribution in [0.5, 0.6) is 0 Å². The fraction of sp³-hybridized carbons (Fsp3) is 0.800. The molecular formula is C10H20N2O5. The van der Waals surface area contributed by atoms with Gasteiger partial charge in [0.05, 0.1) is 20.3 Å². The zero-order chi connectivity index (χ0) is 13.3. The van der Waals surface area contributed by atoms with Crippen molar-refractivity contribution in [3.05, 3.63) is 0 Å². The Bertz CT molecular complexity index is 247. The first-order valence-corrected chi connectivity index (χ1v) is 5.42. The minimum atomic E-state index is -1.06. The summed E-state index contributed by atoms with van der Waals surface area (Å²) < 4.78 is 4.81. The number of unbranched alkanes of at least 4 members (excludes halogenated alkanes) is 1.